The molecule has 3 rings (SSSR count). The van der Waals surface area contributed by atoms with Gasteiger partial charge in [0.05, 0.1) is 11.0 Å². The SMILES string of the molecule is CN(C)c1ccccc1CSc1nc2ccccc2[nH]1. The highest BCUT2D eigenvalue weighted by atomic mass is 32.2. The molecule has 0 unspecified atom stereocenters. The second-order valence-electron chi connectivity index (χ2n) is 4.87. The zero-order chi connectivity index (χ0) is 13.9. The number of thioether (sulfide) groups is 1. The van der Waals surface area contributed by atoms with E-state index in [1.807, 2.05) is 18.2 Å². The lowest BCUT2D eigenvalue weighted by Gasteiger charge is -2.16. The summed E-state index contributed by atoms with van der Waals surface area (Å²) >= 11 is 1.74. The van der Waals surface area contributed by atoms with Crippen molar-refractivity contribution in [3.63, 3.8) is 0 Å². The average molecular weight is 283 g/mol. The standard InChI is InChI=1S/C16H17N3S/c1-19(2)15-10-6-3-7-12(15)11-20-16-17-13-8-4-5-9-14(13)18-16/h3-10H,11H2,1-2H3,(H,17,18). The number of rotatable bonds is 4. The van der Waals surface area contributed by atoms with Crippen molar-refractivity contribution in [3.8, 4) is 0 Å². The molecule has 0 aliphatic rings. The molecule has 0 bridgehead atoms. The number of para-hydroxylation sites is 3. The van der Waals surface area contributed by atoms with Crippen molar-refractivity contribution in [1.82, 2.24) is 9.97 Å². The lowest BCUT2D eigenvalue weighted by molar-refractivity contribution is 1.07. The minimum atomic E-state index is 0.911. The van der Waals surface area contributed by atoms with E-state index >= 15 is 0 Å². The van der Waals surface area contributed by atoms with Gasteiger partial charge < -0.3 is 9.88 Å². The fourth-order valence-electron chi connectivity index (χ4n) is 2.21. The smallest absolute Gasteiger partial charge is 0.166 e. The van der Waals surface area contributed by atoms with Crippen molar-refractivity contribution in [2.45, 2.75) is 10.9 Å². The Bertz CT molecular complexity index is 685. The third-order valence-corrected chi connectivity index (χ3v) is 4.13. The Morgan fingerprint density at radius 3 is 2.60 bits per heavy atom. The van der Waals surface area contributed by atoms with E-state index in [9.17, 15) is 0 Å². The Balaban J connectivity index is 1.79. The van der Waals surface area contributed by atoms with Gasteiger partial charge in [-0.15, -0.1) is 0 Å². The monoisotopic (exact) mass is 283 g/mol. The summed E-state index contributed by atoms with van der Waals surface area (Å²) in [7, 11) is 4.15. The molecule has 0 aliphatic heterocycles. The van der Waals surface area contributed by atoms with E-state index in [4.69, 9.17) is 0 Å². The summed E-state index contributed by atoms with van der Waals surface area (Å²) in [6.07, 6.45) is 0. The molecule has 0 spiro atoms. The van der Waals surface area contributed by atoms with Gasteiger partial charge in [-0.1, -0.05) is 42.1 Å². The van der Waals surface area contributed by atoms with E-state index < -0.39 is 0 Å². The van der Waals surface area contributed by atoms with Gasteiger partial charge in [-0.25, -0.2) is 4.98 Å². The van der Waals surface area contributed by atoms with Crippen LogP contribution in [-0.4, -0.2) is 24.1 Å². The lowest BCUT2D eigenvalue weighted by atomic mass is 10.2. The van der Waals surface area contributed by atoms with Gasteiger partial charge in [0.2, 0.25) is 0 Å². The van der Waals surface area contributed by atoms with Gasteiger partial charge >= 0.3 is 0 Å². The Kier molecular flexibility index (Phi) is 3.65. The Morgan fingerprint density at radius 1 is 1.05 bits per heavy atom. The minimum Gasteiger partial charge on any atom is -0.377 e. The molecule has 0 amide bonds. The van der Waals surface area contributed by atoms with Crippen molar-refractivity contribution in [3.05, 3.63) is 54.1 Å². The second kappa shape index (κ2) is 5.59. The summed E-state index contributed by atoms with van der Waals surface area (Å²) in [4.78, 5) is 10.1. The molecule has 4 heteroatoms. The van der Waals surface area contributed by atoms with E-state index in [0.717, 1.165) is 21.9 Å². The highest BCUT2D eigenvalue weighted by Crippen LogP contribution is 2.27. The molecule has 1 aromatic heterocycles. The fraction of sp³-hybridized carbons (Fsp3) is 0.188. The van der Waals surface area contributed by atoms with E-state index in [2.05, 4.69) is 59.3 Å². The molecule has 1 heterocycles. The van der Waals surface area contributed by atoms with Crippen molar-refractivity contribution in [2.75, 3.05) is 19.0 Å². The number of nitrogens with zero attached hydrogens (tertiary/aromatic N) is 2. The maximum atomic E-state index is 4.60. The molecule has 0 radical (unpaired) electrons. The quantitative estimate of drug-likeness (QED) is 0.736. The number of aromatic nitrogens is 2. The van der Waals surface area contributed by atoms with Crippen LogP contribution in [0.2, 0.25) is 0 Å². The van der Waals surface area contributed by atoms with Crippen LogP contribution >= 0.6 is 11.8 Å². The lowest BCUT2D eigenvalue weighted by Crippen LogP contribution is -2.10. The van der Waals surface area contributed by atoms with Crippen molar-refractivity contribution in [1.29, 1.82) is 0 Å². The third kappa shape index (κ3) is 2.65. The van der Waals surface area contributed by atoms with E-state index in [1.165, 1.54) is 11.3 Å². The Labute approximate surface area is 123 Å². The molecule has 0 aliphatic carbocycles. The van der Waals surface area contributed by atoms with Gasteiger partial charge in [0.25, 0.3) is 0 Å². The first-order valence-corrected chi connectivity index (χ1v) is 7.55. The highest BCUT2D eigenvalue weighted by molar-refractivity contribution is 7.98. The van der Waals surface area contributed by atoms with Crippen LogP contribution in [-0.2, 0) is 5.75 Å². The van der Waals surface area contributed by atoms with Crippen molar-refractivity contribution < 1.29 is 0 Å². The molecule has 20 heavy (non-hydrogen) atoms. The van der Waals surface area contributed by atoms with Crippen molar-refractivity contribution >= 4 is 28.5 Å². The number of H-pyrrole nitrogens is 1. The maximum Gasteiger partial charge on any atom is 0.166 e. The predicted octanol–water partition coefficient (Wildman–Crippen LogP) is 3.92. The number of nitrogens with one attached hydrogen (secondary N) is 1. The van der Waals surface area contributed by atoms with Crippen LogP contribution in [0.4, 0.5) is 5.69 Å². The molecule has 2 aromatic carbocycles. The second-order valence-corrected chi connectivity index (χ2v) is 5.83. The number of imidazole rings is 1. The molecule has 0 atom stereocenters. The number of aromatic amines is 1. The molecule has 0 fully saturated rings. The van der Waals surface area contributed by atoms with Gasteiger partial charge in [-0.3, -0.25) is 0 Å². The predicted molar refractivity (Wildman–Crippen MR) is 86.4 cm³/mol. The van der Waals surface area contributed by atoms with Crippen LogP contribution in [0.25, 0.3) is 11.0 Å². The highest BCUT2D eigenvalue weighted by Gasteiger charge is 2.07. The van der Waals surface area contributed by atoms with Gasteiger partial charge in [0.15, 0.2) is 5.16 Å². The first-order chi connectivity index (χ1) is 9.74. The van der Waals surface area contributed by atoms with E-state index in [0.29, 0.717) is 0 Å². The number of fused-ring (bicyclic) bond motifs is 1. The molecular formula is C16H17N3S. The van der Waals surface area contributed by atoms with Gasteiger partial charge in [0.1, 0.15) is 0 Å². The largest absolute Gasteiger partial charge is 0.377 e. The van der Waals surface area contributed by atoms with E-state index in [1.54, 1.807) is 11.8 Å². The van der Waals surface area contributed by atoms with Gasteiger partial charge in [-0.05, 0) is 23.8 Å². The van der Waals surface area contributed by atoms with Crippen LogP contribution in [0, 0.1) is 0 Å². The van der Waals surface area contributed by atoms with E-state index in [-0.39, 0.29) is 0 Å². The molecule has 3 nitrogen and oxygen atoms in total. The molecule has 1 N–H and O–H groups in total. The van der Waals surface area contributed by atoms with Crippen LogP contribution in [0.15, 0.2) is 53.7 Å². The molecule has 0 saturated carbocycles. The molecule has 102 valence electrons. The fourth-order valence-corrected chi connectivity index (χ4v) is 3.09. The van der Waals surface area contributed by atoms with Crippen molar-refractivity contribution in [2.24, 2.45) is 0 Å². The third-order valence-electron chi connectivity index (χ3n) is 3.21. The van der Waals surface area contributed by atoms with Crippen LogP contribution in [0.3, 0.4) is 0 Å². The van der Waals surface area contributed by atoms with Gasteiger partial charge in [0, 0.05) is 25.5 Å². The summed E-state index contributed by atoms with van der Waals surface area (Å²) in [6, 6.07) is 16.6. The molecule has 0 saturated heterocycles. The molecular weight excluding hydrogens is 266 g/mol. The zero-order valence-electron chi connectivity index (χ0n) is 11.6. The number of benzene rings is 2. The van der Waals surface area contributed by atoms with Crippen LogP contribution < -0.4 is 4.90 Å². The Hall–Kier alpha value is -1.94. The number of anilines is 1. The normalized spacial score (nSPS) is 10.9. The first-order valence-electron chi connectivity index (χ1n) is 6.57. The summed E-state index contributed by atoms with van der Waals surface area (Å²) in [5, 5.41) is 0.972. The van der Waals surface area contributed by atoms with Gasteiger partial charge in [-0.2, -0.15) is 0 Å². The summed E-state index contributed by atoms with van der Waals surface area (Å²) in [5.74, 6) is 0.911. The maximum absolute atomic E-state index is 4.60. The average Bonchev–Trinajstić information content (AvgIpc) is 2.88. The Morgan fingerprint density at radius 2 is 1.80 bits per heavy atom. The first kappa shape index (κ1) is 13.1. The number of hydrogen-bond acceptors (Lipinski definition) is 3. The zero-order valence-corrected chi connectivity index (χ0v) is 12.4. The number of hydrogen-bond donors (Lipinski definition) is 1. The minimum absolute atomic E-state index is 0.911. The molecule has 3 aromatic rings. The van der Waals surface area contributed by atoms with Crippen LogP contribution in [0.5, 0.6) is 0 Å². The summed E-state index contributed by atoms with van der Waals surface area (Å²) < 4.78 is 0. The van der Waals surface area contributed by atoms with Crippen LogP contribution in [0.1, 0.15) is 5.56 Å². The topological polar surface area (TPSA) is 31.9 Å². The summed E-state index contributed by atoms with van der Waals surface area (Å²) in [5.41, 5.74) is 4.70. The summed E-state index contributed by atoms with van der Waals surface area (Å²) in [6.45, 7) is 0.